The highest BCUT2D eigenvalue weighted by molar-refractivity contribution is 6.30. The van der Waals surface area contributed by atoms with E-state index in [4.69, 9.17) is 11.6 Å². The summed E-state index contributed by atoms with van der Waals surface area (Å²) in [6, 6.07) is 7.07. The second-order valence-corrected chi connectivity index (χ2v) is 5.63. The van der Waals surface area contributed by atoms with Crippen LogP contribution in [0.5, 0.6) is 0 Å². The van der Waals surface area contributed by atoms with Crippen LogP contribution >= 0.6 is 11.6 Å². The van der Waals surface area contributed by atoms with Gasteiger partial charge in [-0.15, -0.1) is 0 Å². The number of nitrogens with zero attached hydrogens (tertiary/aromatic N) is 2. The van der Waals surface area contributed by atoms with Gasteiger partial charge in [0.05, 0.1) is 11.5 Å². The molecule has 1 atom stereocenters. The molecule has 2 aromatic rings. The molecule has 0 saturated heterocycles. The van der Waals surface area contributed by atoms with Gasteiger partial charge in [0.25, 0.3) is 0 Å². The molecule has 2 rings (SSSR count). The highest BCUT2D eigenvalue weighted by atomic mass is 35.5. The fourth-order valence-electron chi connectivity index (χ4n) is 1.87. The van der Waals surface area contributed by atoms with E-state index in [0.29, 0.717) is 10.8 Å². The minimum absolute atomic E-state index is 0.0799. The Kier molecular flexibility index (Phi) is 4.09. The molecule has 106 valence electrons. The Morgan fingerprint density at radius 2 is 2.00 bits per heavy atom. The number of carbonyl (C=O) groups is 1. The molecule has 6 heteroatoms. The van der Waals surface area contributed by atoms with Crippen molar-refractivity contribution >= 4 is 17.5 Å². The highest BCUT2D eigenvalue weighted by Gasteiger charge is 2.31. The number of halogens is 1. The van der Waals surface area contributed by atoms with E-state index in [1.54, 1.807) is 12.1 Å². The smallest absolute Gasteiger partial charge is 0.230 e. The number of carbonyl (C=O) groups excluding carboxylic acids is 1. The lowest BCUT2D eigenvalue weighted by atomic mass is 9.83. The zero-order chi connectivity index (χ0) is 14.8. The number of hydrogen-bond donors (Lipinski definition) is 2. The lowest BCUT2D eigenvalue weighted by molar-refractivity contribution is -0.126. The molecule has 0 saturated carbocycles. The molecule has 0 spiro atoms. The van der Waals surface area contributed by atoms with Crippen molar-refractivity contribution in [2.24, 2.45) is 0 Å². The van der Waals surface area contributed by atoms with Gasteiger partial charge in [0.2, 0.25) is 5.91 Å². The van der Waals surface area contributed by atoms with Crippen molar-refractivity contribution in [2.45, 2.75) is 32.2 Å². The summed E-state index contributed by atoms with van der Waals surface area (Å²) in [4.78, 5) is 16.5. The second-order valence-electron chi connectivity index (χ2n) is 5.20. The quantitative estimate of drug-likeness (QED) is 0.910. The normalized spacial score (nSPS) is 13.0. The average molecular weight is 293 g/mol. The monoisotopic (exact) mass is 292 g/mol. The minimum Gasteiger partial charge on any atom is -0.346 e. The maximum Gasteiger partial charge on any atom is 0.230 e. The van der Waals surface area contributed by atoms with Gasteiger partial charge >= 0.3 is 0 Å². The Morgan fingerprint density at radius 1 is 1.35 bits per heavy atom. The van der Waals surface area contributed by atoms with Gasteiger partial charge in [-0.1, -0.05) is 23.7 Å². The number of aromatic amines is 1. The summed E-state index contributed by atoms with van der Waals surface area (Å²) < 4.78 is 0. The number of H-pyrrole nitrogens is 1. The third kappa shape index (κ3) is 2.99. The van der Waals surface area contributed by atoms with Gasteiger partial charge < -0.3 is 5.32 Å². The molecule has 0 fully saturated rings. The van der Waals surface area contributed by atoms with Gasteiger partial charge in [-0.2, -0.15) is 5.10 Å². The number of rotatable bonds is 4. The first-order valence-electron chi connectivity index (χ1n) is 6.33. The van der Waals surface area contributed by atoms with E-state index in [0.717, 1.165) is 5.56 Å². The molecule has 1 unspecified atom stereocenters. The molecular formula is C14H17ClN4O. The first kappa shape index (κ1) is 14.5. The molecule has 5 nitrogen and oxygen atoms in total. The molecule has 1 amide bonds. The zero-order valence-corrected chi connectivity index (χ0v) is 12.4. The third-order valence-electron chi connectivity index (χ3n) is 3.32. The summed E-state index contributed by atoms with van der Waals surface area (Å²) in [7, 11) is 0. The van der Waals surface area contributed by atoms with Gasteiger partial charge in [0.15, 0.2) is 0 Å². The second kappa shape index (κ2) is 5.63. The lowest BCUT2D eigenvalue weighted by Crippen LogP contribution is -2.41. The van der Waals surface area contributed by atoms with Crippen LogP contribution in [0.3, 0.4) is 0 Å². The minimum atomic E-state index is -0.654. The summed E-state index contributed by atoms with van der Waals surface area (Å²) in [5.41, 5.74) is 0.253. The largest absolute Gasteiger partial charge is 0.346 e. The predicted octanol–water partition coefficient (Wildman–Crippen LogP) is 2.61. The molecular weight excluding hydrogens is 276 g/mol. The van der Waals surface area contributed by atoms with Crippen LogP contribution < -0.4 is 5.32 Å². The fourth-order valence-corrected chi connectivity index (χ4v) is 1.99. The first-order chi connectivity index (χ1) is 9.41. The maximum atomic E-state index is 12.4. The number of aromatic nitrogens is 3. The van der Waals surface area contributed by atoms with Gasteiger partial charge in [-0.3, -0.25) is 9.89 Å². The van der Waals surface area contributed by atoms with Gasteiger partial charge in [-0.25, -0.2) is 4.98 Å². The molecule has 0 aliphatic heterocycles. The summed E-state index contributed by atoms with van der Waals surface area (Å²) in [6.45, 7) is 5.60. The summed E-state index contributed by atoms with van der Waals surface area (Å²) in [5.74, 6) is 0.550. The maximum absolute atomic E-state index is 12.4. The SMILES string of the molecule is CC(NC(=O)C(C)(C)c1ccc(Cl)cc1)c1ncn[nH]1. The number of benzene rings is 1. The summed E-state index contributed by atoms with van der Waals surface area (Å²) >= 11 is 5.87. The average Bonchev–Trinajstić information content (AvgIpc) is 2.93. The van der Waals surface area contributed by atoms with Crippen molar-refractivity contribution in [1.82, 2.24) is 20.5 Å². The zero-order valence-electron chi connectivity index (χ0n) is 11.6. The van der Waals surface area contributed by atoms with Crippen molar-refractivity contribution in [1.29, 1.82) is 0 Å². The van der Waals surface area contributed by atoms with E-state index in [1.807, 2.05) is 32.9 Å². The van der Waals surface area contributed by atoms with E-state index < -0.39 is 5.41 Å². The van der Waals surface area contributed by atoms with Crippen LogP contribution in [0.1, 0.15) is 38.2 Å². The van der Waals surface area contributed by atoms with E-state index >= 15 is 0 Å². The summed E-state index contributed by atoms with van der Waals surface area (Å²) in [5, 5.41) is 10.1. The first-order valence-corrected chi connectivity index (χ1v) is 6.71. The molecule has 1 heterocycles. The molecule has 1 aromatic carbocycles. The topological polar surface area (TPSA) is 70.7 Å². The summed E-state index contributed by atoms with van der Waals surface area (Å²) in [6.07, 6.45) is 1.42. The van der Waals surface area contributed by atoms with Gasteiger partial charge in [0.1, 0.15) is 12.2 Å². The standard InChI is InChI=1S/C14H17ClN4O/c1-9(12-16-8-17-19-12)18-13(20)14(2,3)10-4-6-11(15)7-5-10/h4-9H,1-3H3,(H,18,20)(H,16,17,19). The van der Waals surface area contributed by atoms with E-state index in [-0.39, 0.29) is 11.9 Å². The lowest BCUT2D eigenvalue weighted by Gasteiger charge is -2.26. The Bertz CT molecular complexity index is 578. The number of amides is 1. The van der Waals surface area contributed by atoms with Gasteiger partial charge in [0, 0.05) is 5.02 Å². The molecule has 0 radical (unpaired) electrons. The van der Waals surface area contributed by atoms with Crippen LogP contribution in [0, 0.1) is 0 Å². The van der Waals surface area contributed by atoms with E-state index in [1.165, 1.54) is 6.33 Å². The van der Waals surface area contributed by atoms with Crippen molar-refractivity contribution < 1.29 is 4.79 Å². The van der Waals surface area contributed by atoms with Crippen LogP contribution in [0.25, 0.3) is 0 Å². The Labute approximate surface area is 122 Å². The van der Waals surface area contributed by atoms with Crippen LogP contribution in [-0.2, 0) is 10.2 Å². The van der Waals surface area contributed by atoms with Gasteiger partial charge in [-0.05, 0) is 38.5 Å². The van der Waals surface area contributed by atoms with E-state index in [2.05, 4.69) is 20.5 Å². The molecule has 2 N–H and O–H groups in total. The van der Waals surface area contributed by atoms with Crippen LogP contribution in [0.15, 0.2) is 30.6 Å². The highest BCUT2D eigenvalue weighted by Crippen LogP contribution is 2.25. The van der Waals surface area contributed by atoms with Crippen LogP contribution in [0.2, 0.25) is 5.02 Å². The van der Waals surface area contributed by atoms with Crippen molar-refractivity contribution in [3.05, 3.63) is 47.0 Å². The Hall–Kier alpha value is -1.88. The molecule has 0 aliphatic carbocycles. The molecule has 0 aliphatic rings. The van der Waals surface area contributed by atoms with Crippen LogP contribution in [-0.4, -0.2) is 21.1 Å². The van der Waals surface area contributed by atoms with Crippen molar-refractivity contribution in [3.8, 4) is 0 Å². The molecule has 1 aromatic heterocycles. The number of nitrogens with one attached hydrogen (secondary N) is 2. The Balaban J connectivity index is 2.13. The van der Waals surface area contributed by atoms with Crippen molar-refractivity contribution in [2.75, 3.05) is 0 Å². The third-order valence-corrected chi connectivity index (χ3v) is 3.58. The van der Waals surface area contributed by atoms with Crippen molar-refractivity contribution in [3.63, 3.8) is 0 Å². The fraction of sp³-hybridized carbons (Fsp3) is 0.357. The van der Waals surface area contributed by atoms with Crippen LogP contribution in [0.4, 0.5) is 0 Å². The Morgan fingerprint density at radius 3 is 2.55 bits per heavy atom. The molecule has 20 heavy (non-hydrogen) atoms. The predicted molar refractivity (Wildman–Crippen MR) is 77.4 cm³/mol. The molecule has 0 bridgehead atoms. The number of hydrogen-bond acceptors (Lipinski definition) is 3. The van der Waals surface area contributed by atoms with E-state index in [9.17, 15) is 4.79 Å².